The predicted octanol–water partition coefficient (Wildman–Crippen LogP) is 3.54. The highest BCUT2D eigenvalue weighted by molar-refractivity contribution is 8.01. The summed E-state index contributed by atoms with van der Waals surface area (Å²) in [4.78, 5) is 5.07. The number of nitrogens with one attached hydrogen (secondary N) is 1. The number of nitrogens with zero attached hydrogens (tertiary/aromatic N) is 1. The molecule has 0 saturated heterocycles. The van der Waals surface area contributed by atoms with Crippen molar-refractivity contribution in [3.05, 3.63) is 41.2 Å². The van der Waals surface area contributed by atoms with Gasteiger partial charge in [0.05, 0.1) is 0 Å². The quantitative estimate of drug-likeness (QED) is 0.897. The number of aromatic nitrogens is 1. The number of hydrogen-bond acceptors (Lipinski definition) is 4. The van der Waals surface area contributed by atoms with E-state index in [1.807, 2.05) is 18.4 Å². The zero-order valence-corrected chi connectivity index (χ0v) is 11.1. The summed E-state index contributed by atoms with van der Waals surface area (Å²) in [7, 11) is 0. The molecule has 0 aliphatic rings. The van der Waals surface area contributed by atoms with Gasteiger partial charge in [-0.2, -0.15) is 0 Å². The molecule has 0 bridgehead atoms. The smallest absolute Gasteiger partial charge is 0.154 e. The molecule has 2 nitrogen and oxygen atoms in total. The molecule has 90 valence electrons. The van der Waals surface area contributed by atoms with Crippen molar-refractivity contribution in [2.75, 3.05) is 6.54 Å². The van der Waals surface area contributed by atoms with Gasteiger partial charge in [0.1, 0.15) is 5.82 Å². The Kier molecular flexibility index (Phi) is 4.53. The van der Waals surface area contributed by atoms with Gasteiger partial charge in [-0.05, 0) is 30.3 Å². The lowest BCUT2D eigenvalue weighted by Gasteiger charge is -2.05. The summed E-state index contributed by atoms with van der Waals surface area (Å²) in [5.74, 6) is -0.195. The number of rotatable bonds is 5. The first-order valence-corrected chi connectivity index (χ1v) is 7.05. The van der Waals surface area contributed by atoms with Gasteiger partial charge in [0.2, 0.25) is 0 Å². The number of benzene rings is 1. The molecule has 2 aromatic rings. The second-order valence-electron chi connectivity index (χ2n) is 3.48. The second kappa shape index (κ2) is 6.14. The Bertz CT molecular complexity index is 471. The molecule has 0 radical (unpaired) electrons. The summed E-state index contributed by atoms with van der Waals surface area (Å²) >= 11 is 3.06. The van der Waals surface area contributed by atoms with Crippen molar-refractivity contribution in [3.63, 3.8) is 0 Å². The fraction of sp³-hybridized carbons (Fsp3) is 0.250. The molecule has 1 heterocycles. The van der Waals surface area contributed by atoms with Crippen LogP contribution in [-0.4, -0.2) is 11.5 Å². The number of halogens is 1. The van der Waals surface area contributed by atoms with Crippen LogP contribution in [0.2, 0.25) is 0 Å². The van der Waals surface area contributed by atoms with E-state index in [4.69, 9.17) is 0 Å². The van der Waals surface area contributed by atoms with Crippen LogP contribution in [0, 0.1) is 5.82 Å². The molecule has 0 fully saturated rings. The fourth-order valence-electron chi connectivity index (χ4n) is 1.41. The van der Waals surface area contributed by atoms with E-state index in [0.717, 1.165) is 21.3 Å². The molecule has 0 aliphatic carbocycles. The van der Waals surface area contributed by atoms with Gasteiger partial charge >= 0.3 is 0 Å². The second-order valence-corrected chi connectivity index (χ2v) is 5.69. The van der Waals surface area contributed by atoms with Gasteiger partial charge in [0.25, 0.3) is 0 Å². The van der Waals surface area contributed by atoms with Crippen LogP contribution in [0.1, 0.15) is 12.5 Å². The van der Waals surface area contributed by atoms with Gasteiger partial charge < -0.3 is 5.32 Å². The highest BCUT2D eigenvalue weighted by Gasteiger charge is 2.04. The number of hydrogen-bond donors (Lipinski definition) is 1. The maximum Gasteiger partial charge on any atom is 0.154 e. The standard InChI is InChI=1S/C12H13FN2S2/c1-2-14-8-9-5-10(13)7-11(6-9)17-12-15-3-4-16-12/h3-7,14H,2,8H2,1H3. The maximum atomic E-state index is 13.4. The Labute approximate surface area is 108 Å². The van der Waals surface area contributed by atoms with Crippen molar-refractivity contribution < 1.29 is 4.39 Å². The first kappa shape index (κ1) is 12.5. The van der Waals surface area contributed by atoms with Crippen LogP contribution in [0.5, 0.6) is 0 Å². The maximum absolute atomic E-state index is 13.4. The van der Waals surface area contributed by atoms with E-state index < -0.39 is 0 Å². The highest BCUT2D eigenvalue weighted by Crippen LogP contribution is 2.30. The van der Waals surface area contributed by atoms with E-state index >= 15 is 0 Å². The summed E-state index contributed by atoms with van der Waals surface area (Å²) < 4.78 is 14.4. The predicted molar refractivity (Wildman–Crippen MR) is 70.0 cm³/mol. The normalized spacial score (nSPS) is 10.7. The average Bonchev–Trinajstić information content (AvgIpc) is 2.78. The minimum absolute atomic E-state index is 0.195. The zero-order chi connectivity index (χ0) is 12.1. The van der Waals surface area contributed by atoms with E-state index in [1.54, 1.807) is 29.7 Å². The molecule has 0 aliphatic heterocycles. The lowest BCUT2D eigenvalue weighted by Crippen LogP contribution is -2.11. The van der Waals surface area contributed by atoms with Crippen LogP contribution in [0.4, 0.5) is 4.39 Å². The van der Waals surface area contributed by atoms with Crippen molar-refractivity contribution in [2.24, 2.45) is 0 Å². The van der Waals surface area contributed by atoms with E-state index in [0.29, 0.717) is 6.54 Å². The van der Waals surface area contributed by atoms with E-state index in [-0.39, 0.29) is 5.82 Å². The zero-order valence-electron chi connectivity index (χ0n) is 9.44. The first-order valence-electron chi connectivity index (χ1n) is 5.35. The molecule has 1 aromatic heterocycles. The molecule has 1 aromatic carbocycles. The first-order chi connectivity index (χ1) is 8.28. The van der Waals surface area contributed by atoms with Gasteiger partial charge in [-0.1, -0.05) is 18.7 Å². The van der Waals surface area contributed by atoms with E-state index in [1.165, 1.54) is 11.8 Å². The Morgan fingerprint density at radius 2 is 2.29 bits per heavy atom. The van der Waals surface area contributed by atoms with E-state index in [9.17, 15) is 4.39 Å². The Hall–Kier alpha value is -0.910. The topological polar surface area (TPSA) is 24.9 Å². The summed E-state index contributed by atoms with van der Waals surface area (Å²) in [6.45, 7) is 3.61. The summed E-state index contributed by atoms with van der Waals surface area (Å²) in [6, 6.07) is 5.11. The Balaban J connectivity index is 2.13. The van der Waals surface area contributed by atoms with Crippen LogP contribution in [0.25, 0.3) is 0 Å². The molecular weight excluding hydrogens is 255 g/mol. The number of thiazole rings is 1. The third-order valence-electron chi connectivity index (χ3n) is 2.13. The minimum atomic E-state index is -0.195. The SMILES string of the molecule is CCNCc1cc(F)cc(Sc2nccs2)c1. The van der Waals surface area contributed by atoms with Crippen molar-refractivity contribution in [1.82, 2.24) is 10.3 Å². The molecule has 0 spiro atoms. The summed E-state index contributed by atoms with van der Waals surface area (Å²) in [6.07, 6.45) is 1.76. The van der Waals surface area contributed by atoms with Crippen LogP contribution in [0.3, 0.4) is 0 Å². The minimum Gasteiger partial charge on any atom is -0.313 e. The highest BCUT2D eigenvalue weighted by atomic mass is 32.2. The summed E-state index contributed by atoms with van der Waals surface area (Å²) in [5, 5.41) is 5.11. The lowest BCUT2D eigenvalue weighted by atomic mass is 10.2. The van der Waals surface area contributed by atoms with Crippen LogP contribution in [0.15, 0.2) is 39.0 Å². The van der Waals surface area contributed by atoms with Crippen molar-refractivity contribution in [1.29, 1.82) is 0 Å². The monoisotopic (exact) mass is 268 g/mol. The lowest BCUT2D eigenvalue weighted by molar-refractivity contribution is 0.617. The molecular formula is C12H13FN2S2. The Morgan fingerprint density at radius 3 is 3.00 bits per heavy atom. The average molecular weight is 268 g/mol. The van der Waals surface area contributed by atoms with Crippen molar-refractivity contribution in [3.8, 4) is 0 Å². The largest absolute Gasteiger partial charge is 0.313 e. The van der Waals surface area contributed by atoms with Gasteiger partial charge in [-0.3, -0.25) is 0 Å². The third-order valence-corrected chi connectivity index (χ3v) is 3.98. The van der Waals surface area contributed by atoms with Gasteiger partial charge in [-0.25, -0.2) is 9.37 Å². The molecule has 17 heavy (non-hydrogen) atoms. The molecule has 2 rings (SSSR count). The van der Waals surface area contributed by atoms with Gasteiger partial charge in [0, 0.05) is 23.0 Å². The molecule has 5 heteroatoms. The molecule has 0 unspecified atom stereocenters. The molecule has 1 N–H and O–H groups in total. The fourth-order valence-corrected chi connectivity index (χ4v) is 3.12. The van der Waals surface area contributed by atoms with Crippen LogP contribution >= 0.6 is 23.1 Å². The van der Waals surface area contributed by atoms with E-state index in [2.05, 4.69) is 10.3 Å². The summed E-state index contributed by atoms with van der Waals surface area (Å²) in [5.41, 5.74) is 0.964. The van der Waals surface area contributed by atoms with Gasteiger partial charge in [-0.15, -0.1) is 11.3 Å². The van der Waals surface area contributed by atoms with Gasteiger partial charge in [0.15, 0.2) is 4.34 Å². The molecule has 0 amide bonds. The molecule has 0 saturated carbocycles. The van der Waals surface area contributed by atoms with Crippen LogP contribution < -0.4 is 5.32 Å². The van der Waals surface area contributed by atoms with Crippen molar-refractivity contribution >= 4 is 23.1 Å². The molecule has 0 atom stereocenters. The Morgan fingerprint density at radius 1 is 1.41 bits per heavy atom. The third kappa shape index (κ3) is 3.80. The van der Waals surface area contributed by atoms with Crippen molar-refractivity contribution in [2.45, 2.75) is 22.7 Å². The van der Waals surface area contributed by atoms with Crippen LogP contribution in [-0.2, 0) is 6.54 Å².